The molecule has 3 heterocycles. The molecular formula is C24H30N4O2. The maximum Gasteiger partial charge on any atom is 0.324 e. The summed E-state index contributed by atoms with van der Waals surface area (Å²) in [6.45, 7) is 8.49. The lowest BCUT2D eigenvalue weighted by molar-refractivity contribution is 0.210. The second-order valence-corrected chi connectivity index (χ2v) is 8.30. The minimum Gasteiger partial charge on any atom is -0.491 e. The highest BCUT2D eigenvalue weighted by molar-refractivity contribution is 5.94. The zero-order valence-electron chi connectivity index (χ0n) is 17.5. The van der Waals surface area contributed by atoms with Crippen LogP contribution in [0.15, 0.2) is 48.5 Å². The number of nitrogens with zero attached hydrogens (tertiary/aromatic N) is 4. The summed E-state index contributed by atoms with van der Waals surface area (Å²) in [6, 6.07) is 16.6. The van der Waals surface area contributed by atoms with E-state index in [-0.39, 0.29) is 6.03 Å². The Kier molecular flexibility index (Phi) is 5.49. The lowest BCUT2D eigenvalue weighted by Crippen LogP contribution is -2.47. The molecule has 0 bridgehead atoms. The van der Waals surface area contributed by atoms with Crippen LogP contribution in [0.3, 0.4) is 0 Å². The Bertz CT molecular complexity index is 880. The monoisotopic (exact) mass is 406 g/mol. The lowest BCUT2D eigenvalue weighted by atomic mass is 10.1. The Labute approximate surface area is 178 Å². The predicted molar refractivity (Wildman–Crippen MR) is 120 cm³/mol. The summed E-state index contributed by atoms with van der Waals surface area (Å²) >= 11 is 0. The Morgan fingerprint density at radius 3 is 2.50 bits per heavy atom. The molecule has 2 amide bonds. The quantitative estimate of drug-likeness (QED) is 0.739. The van der Waals surface area contributed by atoms with Crippen molar-refractivity contribution in [3.8, 4) is 5.75 Å². The zero-order valence-corrected chi connectivity index (χ0v) is 17.5. The molecule has 0 aromatic heterocycles. The number of rotatable bonds is 6. The van der Waals surface area contributed by atoms with Crippen LogP contribution in [-0.2, 0) is 6.42 Å². The van der Waals surface area contributed by atoms with Gasteiger partial charge >= 0.3 is 6.03 Å². The molecule has 5 rings (SSSR count). The molecular weight excluding hydrogens is 376 g/mol. The van der Waals surface area contributed by atoms with E-state index >= 15 is 0 Å². The largest absolute Gasteiger partial charge is 0.491 e. The van der Waals surface area contributed by atoms with Gasteiger partial charge in [-0.25, -0.2) is 4.79 Å². The van der Waals surface area contributed by atoms with Crippen LogP contribution < -0.4 is 14.5 Å². The van der Waals surface area contributed by atoms with Crippen molar-refractivity contribution in [1.29, 1.82) is 0 Å². The number of amides is 2. The summed E-state index contributed by atoms with van der Waals surface area (Å²) < 4.78 is 5.89. The molecule has 2 saturated heterocycles. The average molecular weight is 407 g/mol. The third kappa shape index (κ3) is 3.84. The highest BCUT2D eigenvalue weighted by atomic mass is 16.5. The number of hydrogen-bond acceptors (Lipinski definition) is 4. The minimum absolute atomic E-state index is 0.143. The van der Waals surface area contributed by atoms with E-state index in [0.717, 1.165) is 83.2 Å². The summed E-state index contributed by atoms with van der Waals surface area (Å²) in [5.74, 6) is 1.10. The van der Waals surface area contributed by atoms with Crippen LogP contribution in [-0.4, -0.2) is 74.8 Å². The van der Waals surface area contributed by atoms with Crippen molar-refractivity contribution >= 4 is 17.4 Å². The van der Waals surface area contributed by atoms with Crippen molar-refractivity contribution in [3.63, 3.8) is 0 Å². The van der Waals surface area contributed by atoms with E-state index < -0.39 is 0 Å². The van der Waals surface area contributed by atoms with Crippen molar-refractivity contribution in [3.05, 3.63) is 54.1 Å². The van der Waals surface area contributed by atoms with Crippen LogP contribution in [0, 0.1) is 0 Å². The number of ether oxygens (including phenoxy) is 1. The van der Waals surface area contributed by atoms with Gasteiger partial charge in [-0.15, -0.1) is 0 Å². The summed E-state index contributed by atoms with van der Waals surface area (Å²) in [4.78, 5) is 21.6. The van der Waals surface area contributed by atoms with E-state index in [1.54, 1.807) is 0 Å². The van der Waals surface area contributed by atoms with Crippen molar-refractivity contribution in [2.45, 2.75) is 12.8 Å². The maximum absolute atomic E-state index is 12.7. The van der Waals surface area contributed by atoms with Gasteiger partial charge in [-0.3, -0.25) is 9.80 Å². The van der Waals surface area contributed by atoms with Crippen LogP contribution in [0.1, 0.15) is 12.0 Å². The van der Waals surface area contributed by atoms with Gasteiger partial charge < -0.3 is 14.5 Å². The van der Waals surface area contributed by atoms with E-state index in [9.17, 15) is 4.79 Å². The topological polar surface area (TPSA) is 39.3 Å². The molecule has 0 atom stereocenters. The Morgan fingerprint density at radius 1 is 0.833 bits per heavy atom. The van der Waals surface area contributed by atoms with Crippen LogP contribution in [0.2, 0.25) is 0 Å². The molecule has 0 unspecified atom stereocenters. The highest BCUT2D eigenvalue weighted by Crippen LogP contribution is 2.36. The predicted octanol–water partition coefficient (Wildman–Crippen LogP) is 3.08. The number of hydrogen-bond donors (Lipinski definition) is 0. The fraction of sp³-hybridized carbons (Fsp3) is 0.458. The van der Waals surface area contributed by atoms with E-state index in [4.69, 9.17) is 4.74 Å². The summed E-state index contributed by atoms with van der Waals surface area (Å²) in [5, 5.41) is 0. The van der Waals surface area contributed by atoms with Gasteiger partial charge in [-0.1, -0.05) is 30.3 Å². The number of anilines is 2. The molecule has 0 spiro atoms. The van der Waals surface area contributed by atoms with Gasteiger partial charge in [-0.2, -0.15) is 0 Å². The Morgan fingerprint density at radius 2 is 1.67 bits per heavy atom. The first-order chi connectivity index (χ1) is 14.8. The van der Waals surface area contributed by atoms with Gasteiger partial charge in [-0.05, 0) is 36.7 Å². The minimum atomic E-state index is 0.143. The fourth-order valence-corrected chi connectivity index (χ4v) is 4.78. The zero-order chi connectivity index (χ0) is 20.3. The SMILES string of the molecule is O=C1N(CCCN2CCN(c3cccc4c3OCC4)CC2)CCN1c1ccccc1. The molecule has 6 heteroatoms. The molecule has 0 radical (unpaired) electrons. The first kappa shape index (κ1) is 19.2. The molecule has 6 nitrogen and oxygen atoms in total. The van der Waals surface area contributed by atoms with Crippen LogP contribution in [0.4, 0.5) is 16.2 Å². The summed E-state index contributed by atoms with van der Waals surface area (Å²) in [5.41, 5.74) is 3.60. The standard InChI is InChI=1S/C24H30N4O2/c29-24-27(17-18-28(24)21-7-2-1-3-8-21)12-5-11-25-13-15-26(16-14-25)22-9-4-6-20-10-19-30-23(20)22/h1-4,6-9H,5,10-19H2. The van der Waals surface area contributed by atoms with Crippen molar-refractivity contribution in [1.82, 2.24) is 9.80 Å². The van der Waals surface area contributed by atoms with E-state index in [2.05, 4.69) is 28.0 Å². The molecule has 30 heavy (non-hydrogen) atoms. The van der Waals surface area contributed by atoms with Gasteiger partial charge in [0.15, 0.2) is 0 Å². The Hall–Kier alpha value is -2.73. The number of fused-ring (bicyclic) bond motifs is 1. The van der Waals surface area contributed by atoms with Gasteiger partial charge in [0, 0.05) is 57.9 Å². The van der Waals surface area contributed by atoms with E-state index in [0.29, 0.717) is 0 Å². The molecule has 0 N–H and O–H groups in total. The molecule has 3 aliphatic rings. The molecule has 2 aromatic rings. The second kappa shape index (κ2) is 8.56. The van der Waals surface area contributed by atoms with Crippen molar-refractivity contribution in [2.75, 3.05) is 68.8 Å². The number of benzene rings is 2. The molecule has 2 aromatic carbocycles. The van der Waals surface area contributed by atoms with E-state index in [1.165, 1.54) is 11.3 Å². The second-order valence-electron chi connectivity index (χ2n) is 8.30. The van der Waals surface area contributed by atoms with Crippen molar-refractivity contribution < 1.29 is 9.53 Å². The van der Waals surface area contributed by atoms with Crippen molar-refractivity contribution in [2.24, 2.45) is 0 Å². The third-order valence-electron chi connectivity index (χ3n) is 6.47. The van der Waals surface area contributed by atoms with Gasteiger partial charge in [0.25, 0.3) is 0 Å². The molecule has 0 aliphatic carbocycles. The first-order valence-corrected chi connectivity index (χ1v) is 11.1. The average Bonchev–Trinajstić information content (AvgIpc) is 3.42. The summed E-state index contributed by atoms with van der Waals surface area (Å²) in [6.07, 6.45) is 2.05. The number of piperazine rings is 1. The Balaban J connectivity index is 1.08. The fourth-order valence-electron chi connectivity index (χ4n) is 4.78. The van der Waals surface area contributed by atoms with Crippen LogP contribution >= 0.6 is 0 Å². The van der Waals surface area contributed by atoms with Gasteiger partial charge in [0.05, 0.1) is 12.3 Å². The number of carbonyl (C=O) groups excluding carboxylic acids is 1. The number of para-hydroxylation sites is 2. The number of carbonyl (C=O) groups is 1. The highest BCUT2D eigenvalue weighted by Gasteiger charge is 2.29. The smallest absolute Gasteiger partial charge is 0.324 e. The lowest BCUT2D eigenvalue weighted by Gasteiger charge is -2.36. The number of urea groups is 1. The first-order valence-electron chi connectivity index (χ1n) is 11.1. The molecule has 2 fully saturated rings. The summed E-state index contributed by atoms with van der Waals surface area (Å²) in [7, 11) is 0. The third-order valence-corrected chi connectivity index (χ3v) is 6.47. The maximum atomic E-state index is 12.7. The van der Waals surface area contributed by atoms with Crippen LogP contribution in [0.5, 0.6) is 5.75 Å². The molecule has 0 saturated carbocycles. The van der Waals surface area contributed by atoms with Gasteiger partial charge in [0.2, 0.25) is 0 Å². The van der Waals surface area contributed by atoms with Gasteiger partial charge in [0.1, 0.15) is 5.75 Å². The van der Waals surface area contributed by atoms with Crippen LogP contribution in [0.25, 0.3) is 0 Å². The molecule has 3 aliphatic heterocycles. The van der Waals surface area contributed by atoms with E-state index in [1.807, 2.05) is 40.1 Å². The normalized spacial score (nSPS) is 19.3. The molecule has 158 valence electrons.